The third-order valence-electron chi connectivity index (χ3n) is 6.53. The first kappa shape index (κ1) is 22.0. The van der Waals surface area contributed by atoms with E-state index >= 15 is 0 Å². The van der Waals surface area contributed by atoms with Gasteiger partial charge in [0.1, 0.15) is 11.4 Å². The summed E-state index contributed by atoms with van der Waals surface area (Å²) < 4.78 is 28.8. The Balaban J connectivity index is 1.76. The van der Waals surface area contributed by atoms with Gasteiger partial charge in [0.15, 0.2) is 0 Å². The molecular formula is C24H30N2O4S. The summed E-state index contributed by atoms with van der Waals surface area (Å²) in [7, 11) is -2.13. The van der Waals surface area contributed by atoms with Crippen LogP contribution in [0.15, 0.2) is 60.7 Å². The molecule has 2 aliphatic heterocycles. The molecule has 5 atom stereocenters. The molecule has 1 amide bonds. The van der Waals surface area contributed by atoms with E-state index in [4.69, 9.17) is 4.84 Å². The fraction of sp³-hybridized carbons (Fsp3) is 0.458. The summed E-state index contributed by atoms with van der Waals surface area (Å²) in [5.74, 6) is -0.190. The molecule has 0 aliphatic carbocycles. The Bertz CT molecular complexity index is 1010. The topological polar surface area (TPSA) is 66.9 Å². The molecule has 4 rings (SSSR count). The van der Waals surface area contributed by atoms with Crippen molar-refractivity contribution in [3.8, 4) is 0 Å². The molecule has 6 nitrogen and oxygen atoms in total. The third kappa shape index (κ3) is 4.02. The van der Waals surface area contributed by atoms with Crippen molar-refractivity contribution in [3.63, 3.8) is 0 Å². The lowest BCUT2D eigenvalue weighted by molar-refractivity contribution is -0.155. The van der Waals surface area contributed by atoms with Crippen molar-refractivity contribution >= 4 is 15.9 Å². The van der Waals surface area contributed by atoms with Gasteiger partial charge in [-0.05, 0) is 23.5 Å². The highest BCUT2D eigenvalue weighted by Crippen LogP contribution is 2.47. The zero-order valence-corrected chi connectivity index (χ0v) is 19.0. The van der Waals surface area contributed by atoms with Gasteiger partial charge in [0.25, 0.3) is 0 Å². The average Bonchev–Trinajstić information content (AvgIpc) is 3.22. The lowest BCUT2D eigenvalue weighted by Crippen LogP contribution is -2.47. The Morgan fingerprint density at radius 3 is 2.29 bits per heavy atom. The van der Waals surface area contributed by atoms with Crippen molar-refractivity contribution in [1.29, 1.82) is 0 Å². The first-order valence-electron chi connectivity index (χ1n) is 10.9. The number of hydrogen-bond acceptors (Lipinski definition) is 5. The van der Waals surface area contributed by atoms with Crippen LogP contribution in [0.3, 0.4) is 0 Å². The number of likely N-dealkylation sites (N-methyl/N-ethyl adjacent to an activating group) is 1. The van der Waals surface area contributed by atoms with E-state index in [1.807, 2.05) is 74.5 Å². The van der Waals surface area contributed by atoms with Crippen molar-refractivity contribution in [3.05, 3.63) is 71.8 Å². The van der Waals surface area contributed by atoms with Crippen LogP contribution < -0.4 is 0 Å². The maximum absolute atomic E-state index is 13.8. The number of fused-ring (bicyclic) bond motifs is 1. The lowest BCUT2D eigenvalue weighted by atomic mass is 9.93. The molecule has 7 heteroatoms. The number of nitrogens with zero attached hydrogens (tertiary/aromatic N) is 2. The molecule has 0 unspecified atom stereocenters. The lowest BCUT2D eigenvalue weighted by Gasteiger charge is -2.30. The Kier molecular flexibility index (Phi) is 6.19. The highest BCUT2D eigenvalue weighted by molar-refractivity contribution is 7.90. The van der Waals surface area contributed by atoms with Crippen LogP contribution in [0.2, 0.25) is 0 Å². The summed E-state index contributed by atoms with van der Waals surface area (Å²) in [6.07, 6.45) is 0.871. The number of sulfonamides is 1. The van der Waals surface area contributed by atoms with Gasteiger partial charge < -0.3 is 0 Å². The Hall–Kier alpha value is -2.22. The summed E-state index contributed by atoms with van der Waals surface area (Å²) in [5.41, 5.74) is 1.81. The van der Waals surface area contributed by atoms with E-state index < -0.39 is 33.5 Å². The standard InChI is InChI=1S/C24H30N2O4S/c1-4-17(2)15-21(27)26-20(16-18-11-7-5-8-12-18)22-24(31(26,28)29)23(30-25(22)3)19-13-9-6-10-14-19/h5-14,17,20,22-24H,4,15-16H2,1-3H3/t17-,20+,22+,23+,24-/m1/s1. The minimum atomic E-state index is -3.90. The van der Waals surface area contributed by atoms with Gasteiger partial charge in [0.05, 0.1) is 12.1 Å². The molecule has 0 radical (unpaired) electrons. The number of amides is 1. The van der Waals surface area contributed by atoms with E-state index in [1.165, 1.54) is 4.31 Å². The minimum absolute atomic E-state index is 0.124. The quantitative estimate of drug-likeness (QED) is 0.684. The molecule has 0 saturated carbocycles. The maximum Gasteiger partial charge on any atom is 0.245 e. The molecule has 2 aliphatic rings. The van der Waals surface area contributed by atoms with Crippen molar-refractivity contribution in [2.45, 2.75) is 56.5 Å². The van der Waals surface area contributed by atoms with Gasteiger partial charge in [-0.15, -0.1) is 0 Å². The monoisotopic (exact) mass is 442 g/mol. The van der Waals surface area contributed by atoms with E-state index in [0.29, 0.717) is 6.42 Å². The molecule has 166 valence electrons. The normalized spacial score (nSPS) is 28.4. The summed E-state index contributed by atoms with van der Waals surface area (Å²) in [4.78, 5) is 19.4. The predicted octanol–water partition coefficient (Wildman–Crippen LogP) is 3.56. The highest BCUT2D eigenvalue weighted by atomic mass is 32.2. The first-order chi connectivity index (χ1) is 14.8. The van der Waals surface area contributed by atoms with E-state index in [1.54, 1.807) is 12.1 Å². The number of benzene rings is 2. The van der Waals surface area contributed by atoms with Gasteiger partial charge in [-0.25, -0.2) is 12.7 Å². The summed E-state index contributed by atoms with van der Waals surface area (Å²) in [6.45, 7) is 4.00. The molecular weight excluding hydrogens is 412 g/mol. The van der Waals surface area contributed by atoms with Crippen molar-refractivity contribution in [2.24, 2.45) is 5.92 Å². The van der Waals surface area contributed by atoms with Gasteiger partial charge in [0.2, 0.25) is 15.9 Å². The van der Waals surface area contributed by atoms with Gasteiger partial charge in [0, 0.05) is 13.5 Å². The van der Waals surface area contributed by atoms with Crippen LogP contribution in [-0.4, -0.2) is 48.1 Å². The number of hydrogen-bond donors (Lipinski definition) is 0. The Labute approximate surface area is 184 Å². The van der Waals surface area contributed by atoms with Crippen LogP contribution in [0.25, 0.3) is 0 Å². The van der Waals surface area contributed by atoms with E-state index in [2.05, 4.69) is 0 Å². The molecule has 2 saturated heterocycles. The van der Waals surface area contributed by atoms with Crippen LogP contribution in [0.5, 0.6) is 0 Å². The molecule has 0 aromatic heterocycles. The van der Waals surface area contributed by atoms with Crippen molar-refractivity contribution in [1.82, 2.24) is 9.37 Å². The number of hydroxylamine groups is 2. The molecule has 0 spiro atoms. The van der Waals surface area contributed by atoms with Crippen molar-refractivity contribution in [2.75, 3.05) is 7.05 Å². The number of carbonyl (C=O) groups excluding carboxylic acids is 1. The second-order valence-corrected chi connectivity index (χ2v) is 10.6. The molecule has 2 heterocycles. The largest absolute Gasteiger partial charge is 0.289 e. The van der Waals surface area contributed by atoms with Gasteiger partial charge in [-0.3, -0.25) is 9.63 Å². The number of carbonyl (C=O) groups is 1. The Morgan fingerprint density at radius 1 is 1.06 bits per heavy atom. The first-order valence-corrected chi connectivity index (χ1v) is 12.4. The van der Waals surface area contributed by atoms with E-state index in [0.717, 1.165) is 17.5 Å². The van der Waals surface area contributed by atoms with Crippen LogP contribution >= 0.6 is 0 Å². The molecule has 2 aromatic rings. The molecule has 0 bridgehead atoms. The summed E-state index contributed by atoms with van der Waals surface area (Å²) in [5, 5.41) is 0.832. The highest BCUT2D eigenvalue weighted by Gasteiger charge is 2.63. The third-order valence-corrected chi connectivity index (χ3v) is 8.77. The van der Waals surface area contributed by atoms with Crippen LogP contribution in [0.1, 0.15) is 43.9 Å². The zero-order chi connectivity index (χ0) is 22.2. The molecule has 0 N–H and O–H groups in total. The second kappa shape index (κ2) is 8.73. The summed E-state index contributed by atoms with van der Waals surface area (Å²) >= 11 is 0. The molecule has 2 aromatic carbocycles. The second-order valence-electron chi connectivity index (χ2n) is 8.65. The molecule has 31 heavy (non-hydrogen) atoms. The predicted molar refractivity (Wildman–Crippen MR) is 119 cm³/mol. The molecule has 2 fully saturated rings. The van der Waals surface area contributed by atoms with Crippen LogP contribution in [-0.2, 0) is 26.1 Å². The Morgan fingerprint density at radius 2 is 1.68 bits per heavy atom. The maximum atomic E-state index is 13.8. The van der Waals surface area contributed by atoms with Crippen LogP contribution in [0, 0.1) is 5.92 Å². The smallest absolute Gasteiger partial charge is 0.245 e. The van der Waals surface area contributed by atoms with E-state index in [9.17, 15) is 13.2 Å². The average molecular weight is 443 g/mol. The fourth-order valence-electron chi connectivity index (χ4n) is 4.76. The van der Waals surface area contributed by atoms with Crippen LogP contribution in [0.4, 0.5) is 0 Å². The zero-order valence-electron chi connectivity index (χ0n) is 18.2. The van der Waals surface area contributed by atoms with Gasteiger partial charge in [-0.2, -0.15) is 5.06 Å². The fourth-order valence-corrected chi connectivity index (χ4v) is 7.18. The minimum Gasteiger partial charge on any atom is -0.289 e. The SMILES string of the molecule is CC[C@@H](C)CC(=O)N1[C@@H](Cc2ccccc2)[C@H]2[C@H]([C@H](c3ccccc3)ON2C)S1(=O)=O. The van der Waals surface area contributed by atoms with Gasteiger partial charge in [-0.1, -0.05) is 80.9 Å². The van der Waals surface area contributed by atoms with Gasteiger partial charge >= 0.3 is 0 Å². The van der Waals surface area contributed by atoms with Crippen molar-refractivity contribution < 1.29 is 18.0 Å². The summed E-state index contributed by atoms with van der Waals surface area (Å²) in [6, 6.07) is 18.2. The number of rotatable bonds is 6. The van der Waals surface area contributed by atoms with E-state index in [-0.39, 0.29) is 18.2 Å².